The molecule has 0 radical (unpaired) electrons. The van der Waals surface area contributed by atoms with Crippen molar-refractivity contribution in [2.45, 2.75) is 31.8 Å². The molecule has 0 saturated carbocycles. The first kappa shape index (κ1) is 25.4. The summed E-state index contributed by atoms with van der Waals surface area (Å²) in [6, 6.07) is 9.82. The minimum Gasteiger partial charge on any atom is -0.431 e. The summed E-state index contributed by atoms with van der Waals surface area (Å²) in [5.74, 6) is -1.69. The quantitative estimate of drug-likeness (QED) is 0.584. The molecule has 4 rings (SSSR count). The third-order valence-corrected chi connectivity index (χ3v) is 7.34. The predicted molar refractivity (Wildman–Crippen MR) is 130 cm³/mol. The van der Waals surface area contributed by atoms with Crippen molar-refractivity contribution in [2.75, 3.05) is 38.5 Å². The minimum absolute atomic E-state index is 0.307. The summed E-state index contributed by atoms with van der Waals surface area (Å²) in [7, 11) is 2.13. The van der Waals surface area contributed by atoms with E-state index in [1.54, 1.807) is 29.2 Å². The molecule has 0 bridgehead atoms. The summed E-state index contributed by atoms with van der Waals surface area (Å²) in [5, 5.41) is 2.99. The fraction of sp³-hybridized carbons (Fsp3) is 0.462. The lowest BCUT2D eigenvalue weighted by Crippen LogP contribution is -2.44. The Morgan fingerprint density at radius 2 is 1.57 bits per heavy atom. The molecule has 2 saturated heterocycles. The van der Waals surface area contributed by atoms with Crippen LogP contribution >= 0.6 is 11.6 Å². The van der Waals surface area contributed by atoms with E-state index >= 15 is 0 Å². The van der Waals surface area contributed by atoms with Gasteiger partial charge in [-0.05, 0) is 88.0 Å². The lowest BCUT2D eigenvalue weighted by Gasteiger charge is -2.40. The van der Waals surface area contributed by atoms with E-state index in [0.29, 0.717) is 35.6 Å². The first-order valence-electron chi connectivity index (χ1n) is 12.0. The normalized spacial score (nSPS) is 18.8. The van der Waals surface area contributed by atoms with Gasteiger partial charge in [0.2, 0.25) is 6.10 Å². The molecule has 0 aliphatic carbocycles. The van der Waals surface area contributed by atoms with Crippen LogP contribution in [0.5, 0.6) is 0 Å². The van der Waals surface area contributed by atoms with Crippen LogP contribution in [-0.4, -0.2) is 55.0 Å². The number of benzene rings is 2. The lowest BCUT2D eigenvalue weighted by atomic mass is 9.79. The molecule has 6 nitrogen and oxygen atoms in total. The van der Waals surface area contributed by atoms with Gasteiger partial charge in [0.25, 0.3) is 5.91 Å². The zero-order chi connectivity index (χ0) is 24.9. The van der Waals surface area contributed by atoms with E-state index in [2.05, 4.69) is 17.3 Å². The van der Waals surface area contributed by atoms with Crippen LogP contribution in [0.25, 0.3) is 0 Å². The largest absolute Gasteiger partial charge is 0.431 e. The van der Waals surface area contributed by atoms with Gasteiger partial charge in [-0.15, -0.1) is 0 Å². The Bertz CT molecular complexity index is 1040. The first-order chi connectivity index (χ1) is 16.8. The Morgan fingerprint density at radius 3 is 2.20 bits per heavy atom. The molecule has 2 aromatic rings. The van der Waals surface area contributed by atoms with Crippen molar-refractivity contribution < 1.29 is 23.1 Å². The Hall–Kier alpha value is -2.71. The van der Waals surface area contributed by atoms with Crippen molar-refractivity contribution in [3.05, 3.63) is 64.7 Å². The van der Waals surface area contributed by atoms with E-state index < -0.39 is 29.7 Å². The molecule has 0 spiro atoms. The Morgan fingerprint density at radius 1 is 0.971 bits per heavy atom. The molecule has 35 heavy (non-hydrogen) atoms. The first-order valence-corrected chi connectivity index (χ1v) is 12.3. The Labute approximate surface area is 209 Å². The minimum atomic E-state index is -1.60. The number of likely N-dealkylation sites (tertiary alicyclic amines) is 2. The summed E-state index contributed by atoms with van der Waals surface area (Å²) in [6.07, 6.45) is 1.44. The van der Waals surface area contributed by atoms with Gasteiger partial charge in [0.15, 0.2) is 11.6 Å². The molecule has 2 aromatic carbocycles. The average Bonchev–Trinajstić information content (AvgIpc) is 2.86. The monoisotopic (exact) mass is 505 g/mol. The summed E-state index contributed by atoms with van der Waals surface area (Å²) < 4.78 is 34.0. The molecular weight excluding hydrogens is 476 g/mol. The molecule has 1 N–H and O–H groups in total. The van der Waals surface area contributed by atoms with Gasteiger partial charge < -0.3 is 14.5 Å². The van der Waals surface area contributed by atoms with E-state index in [1.807, 2.05) is 0 Å². The second-order valence-electron chi connectivity index (χ2n) is 9.36. The van der Waals surface area contributed by atoms with Crippen LogP contribution in [0.15, 0.2) is 42.5 Å². The van der Waals surface area contributed by atoms with Crippen molar-refractivity contribution in [3.8, 4) is 0 Å². The van der Waals surface area contributed by atoms with E-state index in [-0.39, 0.29) is 5.56 Å². The number of carbonyl (C=O) groups excluding carboxylic acids is 2. The number of ether oxygens (including phenoxy) is 1. The van der Waals surface area contributed by atoms with Crippen LogP contribution in [0.4, 0.5) is 19.3 Å². The molecule has 0 unspecified atom stereocenters. The number of nitrogens with one attached hydrogen (secondary N) is 1. The molecule has 188 valence electrons. The van der Waals surface area contributed by atoms with Gasteiger partial charge in [0.1, 0.15) is 0 Å². The maximum atomic E-state index is 14.7. The highest BCUT2D eigenvalue weighted by Gasteiger charge is 2.36. The number of rotatable bonds is 5. The maximum absolute atomic E-state index is 14.7. The van der Waals surface area contributed by atoms with Crippen molar-refractivity contribution in [1.29, 1.82) is 0 Å². The van der Waals surface area contributed by atoms with Crippen LogP contribution in [0.2, 0.25) is 5.02 Å². The van der Waals surface area contributed by atoms with E-state index in [0.717, 1.165) is 44.8 Å². The van der Waals surface area contributed by atoms with Gasteiger partial charge in [0, 0.05) is 29.4 Å². The number of nitrogens with zero attached hydrogens (tertiary/aromatic N) is 2. The number of piperidine rings is 2. The van der Waals surface area contributed by atoms with E-state index in [9.17, 15) is 18.4 Å². The number of carbonyl (C=O) groups is 2. The highest BCUT2D eigenvalue weighted by Crippen LogP contribution is 2.34. The van der Waals surface area contributed by atoms with Crippen molar-refractivity contribution in [1.82, 2.24) is 9.80 Å². The molecule has 2 fully saturated rings. The second-order valence-corrected chi connectivity index (χ2v) is 9.80. The zero-order valence-electron chi connectivity index (χ0n) is 19.7. The molecule has 2 amide bonds. The number of halogens is 3. The van der Waals surface area contributed by atoms with Crippen molar-refractivity contribution in [2.24, 2.45) is 11.8 Å². The zero-order valence-corrected chi connectivity index (χ0v) is 20.4. The maximum Gasteiger partial charge on any atom is 0.412 e. The van der Waals surface area contributed by atoms with E-state index in [4.69, 9.17) is 16.3 Å². The summed E-state index contributed by atoms with van der Waals surface area (Å²) in [5.41, 5.74) is 0.0861. The van der Waals surface area contributed by atoms with Crippen LogP contribution in [-0.2, 0) is 9.53 Å². The second kappa shape index (κ2) is 11.4. The molecular formula is C26H30ClF2N3O3. The third-order valence-electron chi connectivity index (χ3n) is 7.08. The van der Waals surface area contributed by atoms with Gasteiger partial charge in [-0.2, -0.15) is 0 Å². The standard InChI is InChI=1S/C26H30ClF2N3O3/c1-31-13-9-17(10-14-31)18-11-15-32(16-12-18)25(33)24(21-3-2-4-22(28)23(21)29)35-26(34)30-20-7-5-19(27)6-8-20/h2-8,17-18,24H,9-16H2,1H3,(H,30,34)/t24-/m1/s1. The number of anilines is 1. The molecule has 9 heteroatoms. The van der Waals surface area contributed by atoms with Gasteiger partial charge in [-0.3, -0.25) is 10.1 Å². The Balaban J connectivity index is 1.46. The van der Waals surface area contributed by atoms with Crippen molar-refractivity contribution in [3.63, 3.8) is 0 Å². The van der Waals surface area contributed by atoms with Gasteiger partial charge in [-0.1, -0.05) is 23.7 Å². The van der Waals surface area contributed by atoms with Gasteiger partial charge >= 0.3 is 6.09 Å². The SMILES string of the molecule is CN1CCC(C2CCN(C(=O)[C@H](OC(=O)Nc3ccc(Cl)cc3)c3cccc(F)c3F)CC2)CC1. The topological polar surface area (TPSA) is 61.9 Å². The average molecular weight is 506 g/mol. The predicted octanol–water partition coefficient (Wildman–Crippen LogP) is 5.49. The third kappa shape index (κ3) is 6.30. The molecule has 2 aliphatic rings. The number of hydrogen-bond acceptors (Lipinski definition) is 4. The number of hydrogen-bond donors (Lipinski definition) is 1. The molecule has 0 aromatic heterocycles. The fourth-order valence-electron chi connectivity index (χ4n) is 5.01. The van der Waals surface area contributed by atoms with E-state index in [1.165, 1.54) is 12.1 Å². The molecule has 1 atom stereocenters. The summed E-state index contributed by atoms with van der Waals surface area (Å²) >= 11 is 5.87. The Kier molecular flexibility index (Phi) is 8.23. The van der Waals surface area contributed by atoms with Crippen molar-refractivity contribution >= 4 is 29.3 Å². The van der Waals surface area contributed by atoms with Crippen LogP contribution in [0.1, 0.15) is 37.4 Å². The smallest absolute Gasteiger partial charge is 0.412 e. The lowest BCUT2D eigenvalue weighted by molar-refractivity contribution is -0.142. The highest BCUT2D eigenvalue weighted by molar-refractivity contribution is 6.30. The van der Waals surface area contributed by atoms with Gasteiger partial charge in [0.05, 0.1) is 0 Å². The molecule has 2 aliphatic heterocycles. The molecule has 2 heterocycles. The van der Waals surface area contributed by atoms with Gasteiger partial charge in [-0.25, -0.2) is 13.6 Å². The summed E-state index contributed by atoms with van der Waals surface area (Å²) in [6.45, 7) is 3.15. The highest BCUT2D eigenvalue weighted by atomic mass is 35.5. The number of amides is 2. The summed E-state index contributed by atoms with van der Waals surface area (Å²) in [4.78, 5) is 29.9. The van der Waals surface area contributed by atoms with Crippen LogP contribution in [0, 0.1) is 23.5 Å². The van der Waals surface area contributed by atoms with Crippen LogP contribution in [0.3, 0.4) is 0 Å². The van der Waals surface area contributed by atoms with Crippen LogP contribution < -0.4 is 5.32 Å². The fourth-order valence-corrected chi connectivity index (χ4v) is 5.14.